The first-order valence-corrected chi connectivity index (χ1v) is 7.88. The number of amides is 1. The van der Waals surface area contributed by atoms with Gasteiger partial charge in [0.1, 0.15) is 17.5 Å². The zero-order valence-corrected chi connectivity index (χ0v) is 13.9. The fraction of sp³-hybridized carbons (Fsp3) is 0.158. The van der Waals surface area contributed by atoms with Crippen LogP contribution in [0, 0.1) is 24.4 Å². The molecule has 0 unspecified atom stereocenters. The van der Waals surface area contributed by atoms with E-state index >= 15 is 0 Å². The summed E-state index contributed by atoms with van der Waals surface area (Å²) < 4.78 is 45.2. The summed E-state index contributed by atoms with van der Waals surface area (Å²) in [4.78, 5) is 16.0. The van der Waals surface area contributed by atoms with Gasteiger partial charge in [0.05, 0.1) is 11.8 Å². The summed E-state index contributed by atoms with van der Waals surface area (Å²) in [7, 11) is 0. The van der Waals surface area contributed by atoms with Gasteiger partial charge in [-0.25, -0.2) is 18.2 Å². The maximum Gasteiger partial charge on any atom is 0.224 e. The number of rotatable bonds is 5. The van der Waals surface area contributed by atoms with Crippen LogP contribution < -0.4 is 5.32 Å². The average molecular weight is 360 g/mol. The molecule has 3 aromatic rings. The van der Waals surface area contributed by atoms with Crippen molar-refractivity contribution >= 4 is 11.6 Å². The molecule has 1 aromatic heterocycles. The van der Waals surface area contributed by atoms with Crippen LogP contribution in [0.3, 0.4) is 0 Å². The standard InChI is InChI=1S/C19H15F3N2O2/c1-11-8-12(20)3-5-16(11)24-18(25)6-7-19-23-10-17(26-19)14-4-2-13(21)9-15(14)22/h2-5,8-10H,6-7H2,1H3,(H,24,25). The Morgan fingerprint density at radius 1 is 1.12 bits per heavy atom. The lowest BCUT2D eigenvalue weighted by Gasteiger charge is -2.07. The number of aryl methyl sites for hydroxylation is 2. The number of anilines is 1. The summed E-state index contributed by atoms with van der Waals surface area (Å²) in [6.45, 7) is 1.69. The Bertz CT molecular complexity index is 954. The van der Waals surface area contributed by atoms with Crippen molar-refractivity contribution in [2.75, 3.05) is 5.32 Å². The molecule has 3 rings (SSSR count). The Morgan fingerprint density at radius 3 is 2.58 bits per heavy atom. The Balaban J connectivity index is 1.61. The number of carbonyl (C=O) groups is 1. The van der Waals surface area contributed by atoms with Gasteiger partial charge in [-0.05, 0) is 42.8 Å². The third-order valence-corrected chi connectivity index (χ3v) is 3.78. The van der Waals surface area contributed by atoms with Gasteiger partial charge in [0, 0.05) is 24.6 Å². The number of hydrogen-bond acceptors (Lipinski definition) is 3. The van der Waals surface area contributed by atoms with Crippen LogP contribution in [0.4, 0.5) is 18.9 Å². The highest BCUT2D eigenvalue weighted by Crippen LogP contribution is 2.24. The van der Waals surface area contributed by atoms with E-state index in [1.165, 1.54) is 30.5 Å². The first kappa shape index (κ1) is 17.7. The van der Waals surface area contributed by atoms with Crippen molar-refractivity contribution in [2.45, 2.75) is 19.8 Å². The molecular formula is C19H15F3N2O2. The molecule has 2 aromatic carbocycles. The zero-order valence-electron chi connectivity index (χ0n) is 13.9. The molecule has 0 aliphatic heterocycles. The summed E-state index contributed by atoms with van der Waals surface area (Å²) in [5, 5.41) is 2.68. The average Bonchev–Trinajstić information content (AvgIpc) is 3.04. The van der Waals surface area contributed by atoms with Crippen LogP contribution >= 0.6 is 0 Å². The molecule has 26 heavy (non-hydrogen) atoms. The second kappa shape index (κ2) is 7.43. The monoisotopic (exact) mass is 360 g/mol. The predicted octanol–water partition coefficient (Wildman–Crippen LogP) is 4.64. The number of benzene rings is 2. The van der Waals surface area contributed by atoms with Crippen LogP contribution in [0.2, 0.25) is 0 Å². The molecular weight excluding hydrogens is 345 g/mol. The largest absolute Gasteiger partial charge is 0.441 e. The highest BCUT2D eigenvalue weighted by Gasteiger charge is 2.13. The highest BCUT2D eigenvalue weighted by molar-refractivity contribution is 5.91. The third-order valence-electron chi connectivity index (χ3n) is 3.78. The van der Waals surface area contributed by atoms with Gasteiger partial charge in [-0.2, -0.15) is 0 Å². The van der Waals surface area contributed by atoms with Crippen LogP contribution in [0.25, 0.3) is 11.3 Å². The lowest BCUT2D eigenvalue weighted by molar-refractivity contribution is -0.116. The molecule has 1 amide bonds. The minimum Gasteiger partial charge on any atom is -0.441 e. The van der Waals surface area contributed by atoms with E-state index in [2.05, 4.69) is 10.3 Å². The van der Waals surface area contributed by atoms with Gasteiger partial charge in [-0.3, -0.25) is 4.79 Å². The van der Waals surface area contributed by atoms with E-state index in [0.29, 0.717) is 11.3 Å². The summed E-state index contributed by atoms with van der Waals surface area (Å²) in [6, 6.07) is 7.23. The van der Waals surface area contributed by atoms with E-state index in [0.717, 1.165) is 12.1 Å². The Labute approximate surface area is 147 Å². The fourth-order valence-corrected chi connectivity index (χ4v) is 2.44. The third kappa shape index (κ3) is 4.11. The molecule has 1 heterocycles. The number of carbonyl (C=O) groups excluding carboxylic acids is 1. The van der Waals surface area contributed by atoms with Crippen LogP contribution in [0.15, 0.2) is 47.0 Å². The molecule has 0 aliphatic carbocycles. The lowest BCUT2D eigenvalue weighted by Crippen LogP contribution is -2.13. The molecule has 1 N–H and O–H groups in total. The summed E-state index contributed by atoms with van der Waals surface area (Å²) in [5.41, 5.74) is 1.23. The maximum absolute atomic E-state index is 13.7. The fourth-order valence-electron chi connectivity index (χ4n) is 2.44. The number of oxazole rings is 1. The minimum atomic E-state index is -0.753. The van der Waals surface area contributed by atoms with Crippen molar-refractivity contribution < 1.29 is 22.4 Å². The Morgan fingerprint density at radius 2 is 1.85 bits per heavy atom. The first-order chi connectivity index (χ1) is 12.4. The topological polar surface area (TPSA) is 55.1 Å². The molecule has 134 valence electrons. The van der Waals surface area contributed by atoms with Crippen molar-refractivity contribution in [1.82, 2.24) is 4.98 Å². The molecule has 0 spiro atoms. The second-order valence-electron chi connectivity index (χ2n) is 5.75. The smallest absolute Gasteiger partial charge is 0.224 e. The number of nitrogens with zero attached hydrogens (tertiary/aromatic N) is 1. The molecule has 0 radical (unpaired) electrons. The van der Waals surface area contributed by atoms with Crippen molar-refractivity contribution in [2.24, 2.45) is 0 Å². The molecule has 0 bridgehead atoms. The first-order valence-electron chi connectivity index (χ1n) is 7.88. The highest BCUT2D eigenvalue weighted by atomic mass is 19.1. The second-order valence-corrected chi connectivity index (χ2v) is 5.75. The van der Waals surface area contributed by atoms with Crippen LogP contribution in [0.5, 0.6) is 0 Å². The van der Waals surface area contributed by atoms with Gasteiger partial charge >= 0.3 is 0 Å². The van der Waals surface area contributed by atoms with Crippen molar-refractivity contribution in [3.63, 3.8) is 0 Å². The van der Waals surface area contributed by atoms with Gasteiger partial charge in [-0.1, -0.05) is 0 Å². The quantitative estimate of drug-likeness (QED) is 0.721. The van der Waals surface area contributed by atoms with E-state index in [-0.39, 0.29) is 41.8 Å². The van der Waals surface area contributed by atoms with E-state index in [1.807, 2.05) is 0 Å². The number of hydrogen-bond donors (Lipinski definition) is 1. The van der Waals surface area contributed by atoms with Crippen LogP contribution in [-0.2, 0) is 11.2 Å². The van der Waals surface area contributed by atoms with E-state index in [4.69, 9.17) is 4.42 Å². The molecule has 7 heteroatoms. The maximum atomic E-state index is 13.7. The van der Waals surface area contributed by atoms with E-state index in [1.54, 1.807) is 6.92 Å². The Hall–Kier alpha value is -3.09. The van der Waals surface area contributed by atoms with Gasteiger partial charge in [-0.15, -0.1) is 0 Å². The predicted molar refractivity (Wildman–Crippen MR) is 89.9 cm³/mol. The summed E-state index contributed by atoms with van der Waals surface area (Å²) >= 11 is 0. The van der Waals surface area contributed by atoms with Gasteiger partial charge in [0.2, 0.25) is 5.91 Å². The lowest BCUT2D eigenvalue weighted by atomic mass is 10.2. The SMILES string of the molecule is Cc1cc(F)ccc1NC(=O)CCc1ncc(-c2ccc(F)cc2F)o1. The molecule has 4 nitrogen and oxygen atoms in total. The molecule has 0 aliphatic rings. The van der Waals surface area contributed by atoms with E-state index < -0.39 is 11.6 Å². The zero-order chi connectivity index (χ0) is 18.7. The molecule has 0 saturated heterocycles. The number of nitrogens with one attached hydrogen (secondary N) is 1. The molecule has 0 fully saturated rings. The van der Waals surface area contributed by atoms with Gasteiger partial charge < -0.3 is 9.73 Å². The molecule has 0 saturated carbocycles. The Kier molecular flexibility index (Phi) is 5.06. The normalized spacial score (nSPS) is 10.8. The van der Waals surface area contributed by atoms with Gasteiger partial charge in [0.15, 0.2) is 11.7 Å². The van der Waals surface area contributed by atoms with Gasteiger partial charge in [0.25, 0.3) is 0 Å². The minimum absolute atomic E-state index is 0.0860. The van der Waals surface area contributed by atoms with E-state index in [9.17, 15) is 18.0 Å². The van der Waals surface area contributed by atoms with Crippen molar-refractivity contribution in [3.05, 3.63) is 71.5 Å². The summed E-state index contributed by atoms with van der Waals surface area (Å²) in [5.74, 6) is -1.67. The molecule has 0 atom stereocenters. The number of aromatic nitrogens is 1. The van der Waals surface area contributed by atoms with Crippen LogP contribution in [-0.4, -0.2) is 10.9 Å². The summed E-state index contributed by atoms with van der Waals surface area (Å²) in [6.07, 6.45) is 1.62. The van der Waals surface area contributed by atoms with Crippen molar-refractivity contribution in [3.8, 4) is 11.3 Å². The van der Waals surface area contributed by atoms with Crippen LogP contribution in [0.1, 0.15) is 17.9 Å². The van der Waals surface area contributed by atoms with Crippen molar-refractivity contribution in [1.29, 1.82) is 0 Å². The number of halogens is 3.